The Hall–Kier alpha value is -2.08. The third-order valence-corrected chi connectivity index (χ3v) is 4.21. The number of nitrogens with zero attached hydrogens (tertiary/aromatic N) is 1. The second-order valence-electron chi connectivity index (χ2n) is 5.97. The van der Waals surface area contributed by atoms with Crippen molar-refractivity contribution in [1.29, 1.82) is 0 Å². The van der Waals surface area contributed by atoms with Crippen LogP contribution in [0.3, 0.4) is 0 Å². The molecule has 0 radical (unpaired) electrons. The molecule has 0 aliphatic heterocycles. The fourth-order valence-electron chi connectivity index (χ4n) is 2.89. The van der Waals surface area contributed by atoms with E-state index in [1.165, 1.54) is 0 Å². The summed E-state index contributed by atoms with van der Waals surface area (Å²) in [6.45, 7) is 0.273. The summed E-state index contributed by atoms with van der Waals surface area (Å²) >= 11 is 0. The third-order valence-electron chi connectivity index (χ3n) is 4.21. The van der Waals surface area contributed by atoms with Crippen molar-refractivity contribution in [3.63, 3.8) is 0 Å². The van der Waals surface area contributed by atoms with Crippen molar-refractivity contribution < 1.29 is 14.3 Å². The van der Waals surface area contributed by atoms with E-state index in [0.29, 0.717) is 17.1 Å². The van der Waals surface area contributed by atoms with Crippen LogP contribution in [0.4, 0.5) is 0 Å². The summed E-state index contributed by atoms with van der Waals surface area (Å²) in [6.07, 6.45) is 7.38. The van der Waals surface area contributed by atoms with Crippen LogP contribution in [-0.2, 0) is 0 Å². The molecule has 1 saturated carbocycles. The zero-order valence-corrected chi connectivity index (χ0v) is 12.5. The average Bonchev–Trinajstić information content (AvgIpc) is 3.15. The second kappa shape index (κ2) is 6.36. The smallest absolute Gasteiger partial charge is 0.271 e. The molecule has 2 heterocycles. The molecule has 0 aromatic carbocycles. The molecular weight excluding hydrogens is 282 g/mol. The van der Waals surface area contributed by atoms with Crippen molar-refractivity contribution in [2.24, 2.45) is 0 Å². The first-order valence-electron chi connectivity index (χ1n) is 7.76. The van der Waals surface area contributed by atoms with Gasteiger partial charge < -0.3 is 14.8 Å². The number of hydrogen-bond donors (Lipinski definition) is 3. The molecule has 0 spiro atoms. The maximum atomic E-state index is 12.2. The lowest BCUT2D eigenvalue weighted by Crippen LogP contribution is -2.42. The van der Waals surface area contributed by atoms with E-state index in [0.717, 1.165) is 38.5 Å². The number of rotatable bonds is 4. The number of furan rings is 1. The molecule has 3 N–H and O–H groups in total. The van der Waals surface area contributed by atoms with E-state index in [9.17, 15) is 9.90 Å². The van der Waals surface area contributed by atoms with Crippen molar-refractivity contribution >= 4 is 5.91 Å². The molecule has 118 valence electrons. The van der Waals surface area contributed by atoms with Crippen LogP contribution in [0.15, 0.2) is 28.9 Å². The van der Waals surface area contributed by atoms with Crippen LogP contribution in [0.5, 0.6) is 0 Å². The van der Waals surface area contributed by atoms with Crippen LogP contribution >= 0.6 is 0 Å². The summed E-state index contributed by atoms with van der Waals surface area (Å²) in [6, 6.07) is 5.21. The second-order valence-corrected chi connectivity index (χ2v) is 5.97. The van der Waals surface area contributed by atoms with Crippen molar-refractivity contribution in [2.45, 2.75) is 44.1 Å². The Labute approximate surface area is 128 Å². The molecule has 2 aromatic heterocycles. The number of hydrogen-bond acceptors (Lipinski definition) is 4. The Morgan fingerprint density at radius 2 is 2.14 bits per heavy atom. The molecule has 1 amide bonds. The molecule has 0 unspecified atom stereocenters. The highest BCUT2D eigenvalue weighted by molar-refractivity contribution is 5.93. The van der Waals surface area contributed by atoms with Gasteiger partial charge in [0.05, 0.1) is 11.9 Å². The van der Waals surface area contributed by atoms with Gasteiger partial charge in [-0.05, 0) is 25.0 Å². The third kappa shape index (κ3) is 3.39. The molecule has 0 atom stereocenters. The Morgan fingerprint density at radius 3 is 2.82 bits per heavy atom. The summed E-state index contributed by atoms with van der Waals surface area (Å²) in [7, 11) is 0. The predicted molar refractivity (Wildman–Crippen MR) is 81.3 cm³/mol. The fraction of sp³-hybridized carbons (Fsp3) is 0.500. The van der Waals surface area contributed by atoms with E-state index in [4.69, 9.17) is 4.42 Å². The van der Waals surface area contributed by atoms with Crippen LogP contribution in [0.1, 0.15) is 49.0 Å². The molecule has 3 rings (SSSR count). The molecule has 1 fully saturated rings. The number of H-pyrrole nitrogens is 1. The van der Waals surface area contributed by atoms with Gasteiger partial charge in [-0.1, -0.05) is 25.7 Å². The quantitative estimate of drug-likeness (QED) is 0.757. The van der Waals surface area contributed by atoms with E-state index >= 15 is 0 Å². The number of carbonyl (C=O) groups excluding carboxylic acids is 1. The number of nitrogens with one attached hydrogen (secondary N) is 2. The van der Waals surface area contributed by atoms with Gasteiger partial charge in [-0.15, -0.1) is 0 Å². The van der Waals surface area contributed by atoms with Crippen molar-refractivity contribution in [3.8, 4) is 11.5 Å². The lowest BCUT2D eigenvalue weighted by atomic mass is 9.94. The summed E-state index contributed by atoms with van der Waals surface area (Å²) in [5.74, 6) is 0.348. The van der Waals surface area contributed by atoms with E-state index < -0.39 is 5.60 Å². The van der Waals surface area contributed by atoms with Crippen LogP contribution < -0.4 is 5.32 Å². The van der Waals surface area contributed by atoms with Crippen LogP contribution in [-0.4, -0.2) is 33.4 Å². The first-order valence-corrected chi connectivity index (χ1v) is 7.76. The molecule has 2 aromatic rings. The number of amides is 1. The largest absolute Gasteiger partial charge is 0.463 e. The van der Waals surface area contributed by atoms with Gasteiger partial charge in [0.25, 0.3) is 5.91 Å². The van der Waals surface area contributed by atoms with E-state index in [1.807, 2.05) is 0 Å². The van der Waals surface area contributed by atoms with E-state index in [1.54, 1.807) is 24.5 Å². The molecule has 0 saturated heterocycles. The van der Waals surface area contributed by atoms with Gasteiger partial charge in [0.2, 0.25) is 0 Å². The highest BCUT2D eigenvalue weighted by Gasteiger charge is 2.28. The van der Waals surface area contributed by atoms with Gasteiger partial charge in [0.1, 0.15) is 5.69 Å². The molecule has 6 heteroatoms. The molecule has 1 aliphatic carbocycles. The maximum absolute atomic E-state index is 12.2. The zero-order chi connectivity index (χ0) is 15.4. The minimum atomic E-state index is -0.785. The first kappa shape index (κ1) is 14.8. The maximum Gasteiger partial charge on any atom is 0.271 e. The van der Waals surface area contributed by atoms with Crippen molar-refractivity contribution in [2.75, 3.05) is 6.54 Å². The summed E-state index contributed by atoms with van der Waals surface area (Å²) in [5.41, 5.74) is 0.165. The summed E-state index contributed by atoms with van der Waals surface area (Å²) in [5, 5.41) is 20.1. The highest BCUT2D eigenvalue weighted by atomic mass is 16.3. The first-order chi connectivity index (χ1) is 10.7. The fourth-order valence-corrected chi connectivity index (χ4v) is 2.89. The van der Waals surface area contributed by atoms with Crippen LogP contribution in [0.25, 0.3) is 11.5 Å². The van der Waals surface area contributed by atoms with Crippen molar-refractivity contribution in [3.05, 3.63) is 30.2 Å². The van der Waals surface area contributed by atoms with Crippen LogP contribution in [0, 0.1) is 0 Å². The SMILES string of the molecule is O=C(NCC1(O)CCCCCC1)c1cc(-c2ccco2)[nH]n1. The Morgan fingerprint density at radius 1 is 1.36 bits per heavy atom. The molecular formula is C16H21N3O3. The lowest BCUT2D eigenvalue weighted by molar-refractivity contribution is 0.0246. The van der Waals surface area contributed by atoms with Gasteiger partial charge in [0, 0.05) is 12.6 Å². The highest BCUT2D eigenvalue weighted by Crippen LogP contribution is 2.26. The summed E-state index contributed by atoms with van der Waals surface area (Å²) in [4.78, 5) is 12.2. The average molecular weight is 303 g/mol. The monoisotopic (exact) mass is 303 g/mol. The van der Waals surface area contributed by atoms with Crippen molar-refractivity contribution in [1.82, 2.24) is 15.5 Å². The predicted octanol–water partition coefficient (Wildman–Crippen LogP) is 2.48. The van der Waals surface area contributed by atoms with Crippen LogP contribution in [0.2, 0.25) is 0 Å². The number of aromatic amines is 1. The molecule has 0 bridgehead atoms. The Balaban J connectivity index is 1.60. The molecule has 22 heavy (non-hydrogen) atoms. The number of aliphatic hydroxyl groups is 1. The standard InChI is InChI=1S/C16H21N3O3/c20-15(17-11-16(21)7-3-1-2-4-8-16)13-10-12(18-19-13)14-6-5-9-22-14/h5-6,9-10,21H,1-4,7-8,11H2,(H,17,20)(H,18,19). The Kier molecular flexibility index (Phi) is 4.29. The minimum absolute atomic E-state index is 0.273. The number of carbonyl (C=O) groups is 1. The normalized spacial score (nSPS) is 17.9. The lowest BCUT2D eigenvalue weighted by Gasteiger charge is -2.26. The Bertz CT molecular complexity index is 610. The van der Waals surface area contributed by atoms with Gasteiger partial charge in [0.15, 0.2) is 11.5 Å². The van der Waals surface area contributed by atoms with Gasteiger partial charge in [-0.25, -0.2) is 0 Å². The minimum Gasteiger partial charge on any atom is -0.463 e. The molecule has 6 nitrogen and oxygen atoms in total. The summed E-state index contributed by atoms with van der Waals surface area (Å²) < 4.78 is 5.25. The van der Waals surface area contributed by atoms with Gasteiger partial charge in [-0.3, -0.25) is 9.89 Å². The number of aromatic nitrogens is 2. The molecule has 1 aliphatic rings. The van der Waals surface area contributed by atoms with E-state index in [2.05, 4.69) is 15.5 Å². The van der Waals surface area contributed by atoms with Gasteiger partial charge >= 0.3 is 0 Å². The zero-order valence-electron chi connectivity index (χ0n) is 12.5. The van der Waals surface area contributed by atoms with E-state index in [-0.39, 0.29) is 12.5 Å². The topological polar surface area (TPSA) is 91.1 Å². The van der Waals surface area contributed by atoms with Gasteiger partial charge in [-0.2, -0.15) is 5.10 Å².